The van der Waals surface area contributed by atoms with Crippen molar-refractivity contribution in [2.24, 2.45) is 7.05 Å². The topological polar surface area (TPSA) is 55.6 Å². The number of hydrogen-bond acceptors (Lipinski definition) is 4. The molecule has 1 rings (SSSR count). The lowest BCUT2D eigenvalue weighted by Crippen LogP contribution is -2.15. The third kappa shape index (κ3) is 3.67. The Labute approximate surface area is 77.5 Å². The predicted octanol–water partition coefficient (Wildman–Crippen LogP) is -0.287. The van der Waals surface area contributed by atoms with Gasteiger partial charge in [0.1, 0.15) is 0 Å². The van der Waals surface area contributed by atoms with Gasteiger partial charge in [-0.25, -0.2) is 0 Å². The zero-order valence-electron chi connectivity index (χ0n) is 7.91. The molecule has 70 valence electrons. The molecule has 5 heteroatoms. The second kappa shape index (κ2) is 5.27. The molecule has 1 aromatic rings. The Morgan fingerprint density at radius 1 is 1.54 bits per heavy atom. The van der Waals surface area contributed by atoms with Crippen LogP contribution >= 0.6 is 0 Å². The molecule has 0 spiro atoms. The summed E-state index contributed by atoms with van der Waals surface area (Å²) >= 11 is 0. The first-order valence-electron chi connectivity index (χ1n) is 4.16. The summed E-state index contributed by atoms with van der Waals surface area (Å²) in [5.41, 5.74) is 0. The van der Waals surface area contributed by atoms with Crippen LogP contribution in [-0.2, 0) is 13.6 Å². The predicted molar refractivity (Wildman–Crippen MR) is 48.6 cm³/mol. The molecule has 1 N–H and O–H groups in total. The maximum absolute atomic E-state index is 4.02. The van der Waals surface area contributed by atoms with Crippen molar-refractivity contribution in [2.75, 3.05) is 6.54 Å². The molecule has 1 aromatic heterocycles. The Kier molecular flexibility index (Phi) is 3.93. The van der Waals surface area contributed by atoms with E-state index in [-0.39, 0.29) is 0 Å². The van der Waals surface area contributed by atoms with Gasteiger partial charge in [-0.05, 0) is 12.1 Å². The average Bonchev–Trinajstić information content (AvgIpc) is 2.51. The molecular formula is C8H13N5. The van der Waals surface area contributed by atoms with Crippen LogP contribution in [0.3, 0.4) is 0 Å². The summed E-state index contributed by atoms with van der Waals surface area (Å²) in [5, 5.41) is 14.7. The van der Waals surface area contributed by atoms with Crippen LogP contribution in [0.2, 0.25) is 0 Å². The van der Waals surface area contributed by atoms with Crippen LogP contribution in [0.15, 0.2) is 0 Å². The standard InChI is InChI=1S/C8H13N5/c1-3-4-5-6-9-7-8-10-12-13(2)11-8/h9H,5-7H2,1-2H3. The highest BCUT2D eigenvalue weighted by atomic mass is 15.6. The Hall–Kier alpha value is -1.41. The van der Waals surface area contributed by atoms with Gasteiger partial charge in [0.15, 0.2) is 5.82 Å². The molecule has 0 aliphatic carbocycles. The van der Waals surface area contributed by atoms with Gasteiger partial charge in [-0.3, -0.25) is 0 Å². The molecule has 0 aromatic carbocycles. The van der Waals surface area contributed by atoms with Gasteiger partial charge in [0.05, 0.1) is 13.6 Å². The summed E-state index contributed by atoms with van der Waals surface area (Å²) in [6.07, 6.45) is 0.858. The van der Waals surface area contributed by atoms with E-state index in [1.807, 2.05) is 6.92 Å². The van der Waals surface area contributed by atoms with Crippen LogP contribution in [-0.4, -0.2) is 26.8 Å². The fourth-order valence-electron chi connectivity index (χ4n) is 0.870. The van der Waals surface area contributed by atoms with Gasteiger partial charge in [-0.2, -0.15) is 4.80 Å². The van der Waals surface area contributed by atoms with Crippen LogP contribution in [0.25, 0.3) is 0 Å². The molecular weight excluding hydrogens is 166 g/mol. The number of rotatable bonds is 4. The number of aromatic nitrogens is 4. The van der Waals surface area contributed by atoms with Crippen LogP contribution in [0.5, 0.6) is 0 Å². The van der Waals surface area contributed by atoms with Crippen molar-refractivity contribution in [3.63, 3.8) is 0 Å². The molecule has 0 saturated carbocycles. The van der Waals surface area contributed by atoms with E-state index in [1.54, 1.807) is 7.05 Å². The largest absolute Gasteiger partial charge is 0.309 e. The Bertz CT molecular complexity index is 306. The summed E-state index contributed by atoms with van der Waals surface area (Å²) in [7, 11) is 1.75. The first-order valence-corrected chi connectivity index (χ1v) is 4.16. The summed E-state index contributed by atoms with van der Waals surface area (Å²) in [4.78, 5) is 1.45. The van der Waals surface area contributed by atoms with E-state index in [9.17, 15) is 0 Å². The zero-order chi connectivity index (χ0) is 9.52. The van der Waals surface area contributed by atoms with Gasteiger partial charge in [0, 0.05) is 13.0 Å². The second-order valence-corrected chi connectivity index (χ2v) is 2.55. The number of nitrogens with one attached hydrogen (secondary N) is 1. The van der Waals surface area contributed by atoms with E-state index in [2.05, 4.69) is 32.6 Å². The lowest BCUT2D eigenvalue weighted by atomic mass is 10.4. The molecule has 5 nitrogen and oxygen atoms in total. The highest BCUT2D eigenvalue weighted by molar-refractivity contribution is 4.95. The highest BCUT2D eigenvalue weighted by Gasteiger charge is 1.97. The molecule has 0 amide bonds. The van der Waals surface area contributed by atoms with Crippen LogP contribution in [0, 0.1) is 11.8 Å². The van der Waals surface area contributed by atoms with Crippen LogP contribution in [0.1, 0.15) is 19.2 Å². The second-order valence-electron chi connectivity index (χ2n) is 2.55. The summed E-state index contributed by atoms with van der Waals surface area (Å²) < 4.78 is 0. The molecule has 0 unspecified atom stereocenters. The molecule has 0 aliphatic heterocycles. The number of hydrogen-bond donors (Lipinski definition) is 1. The minimum absolute atomic E-state index is 0.652. The Balaban J connectivity index is 2.15. The molecule has 13 heavy (non-hydrogen) atoms. The van der Waals surface area contributed by atoms with Crippen molar-refractivity contribution in [2.45, 2.75) is 19.9 Å². The first kappa shape index (κ1) is 9.68. The van der Waals surface area contributed by atoms with Gasteiger partial charge in [0.2, 0.25) is 0 Å². The molecule has 0 atom stereocenters. The van der Waals surface area contributed by atoms with Crippen molar-refractivity contribution < 1.29 is 0 Å². The quantitative estimate of drug-likeness (QED) is 0.510. The molecule has 0 bridgehead atoms. The maximum atomic E-state index is 4.02. The monoisotopic (exact) mass is 179 g/mol. The Morgan fingerprint density at radius 3 is 3.00 bits per heavy atom. The average molecular weight is 179 g/mol. The first-order chi connectivity index (χ1) is 6.33. The van der Waals surface area contributed by atoms with Gasteiger partial charge in [-0.1, -0.05) is 0 Å². The van der Waals surface area contributed by atoms with Crippen molar-refractivity contribution in [3.8, 4) is 11.8 Å². The van der Waals surface area contributed by atoms with E-state index in [0.29, 0.717) is 12.4 Å². The minimum Gasteiger partial charge on any atom is -0.309 e. The molecule has 0 aliphatic rings. The van der Waals surface area contributed by atoms with Gasteiger partial charge >= 0.3 is 0 Å². The van der Waals surface area contributed by atoms with E-state index in [1.165, 1.54) is 4.80 Å². The van der Waals surface area contributed by atoms with E-state index in [0.717, 1.165) is 13.0 Å². The Morgan fingerprint density at radius 2 is 2.38 bits per heavy atom. The molecule has 0 fully saturated rings. The van der Waals surface area contributed by atoms with Crippen molar-refractivity contribution in [1.82, 2.24) is 25.5 Å². The van der Waals surface area contributed by atoms with Gasteiger partial charge in [0.25, 0.3) is 0 Å². The SMILES string of the molecule is CC#CCCNCc1nnn(C)n1. The minimum atomic E-state index is 0.652. The van der Waals surface area contributed by atoms with E-state index in [4.69, 9.17) is 0 Å². The summed E-state index contributed by atoms with van der Waals surface area (Å²) in [6, 6.07) is 0. The normalized spacial score (nSPS) is 9.38. The highest BCUT2D eigenvalue weighted by Crippen LogP contribution is 1.83. The fourth-order valence-corrected chi connectivity index (χ4v) is 0.870. The maximum Gasteiger partial charge on any atom is 0.188 e. The molecule has 0 saturated heterocycles. The van der Waals surface area contributed by atoms with Crippen LogP contribution in [0.4, 0.5) is 0 Å². The number of aryl methyl sites for hydroxylation is 1. The molecule has 0 radical (unpaired) electrons. The third-order valence-corrected chi connectivity index (χ3v) is 1.44. The van der Waals surface area contributed by atoms with E-state index < -0.39 is 0 Å². The van der Waals surface area contributed by atoms with Crippen molar-refractivity contribution in [1.29, 1.82) is 0 Å². The van der Waals surface area contributed by atoms with Crippen molar-refractivity contribution >= 4 is 0 Å². The summed E-state index contributed by atoms with van der Waals surface area (Å²) in [6.45, 7) is 3.35. The van der Waals surface area contributed by atoms with E-state index >= 15 is 0 Å². The van der Waals surface area contributed by atoms with Crippen molar-refractivity contribution in [3.05, 3.63) is 5.82 Å². The molecule has 1 heterocycles. The lowest BCUT2D eigenvalue weighted by Gasteiger charge is -1.95. The third-order valence-electron chi connectivity index (χ3n) is 1.44. The van der Waals surface area contributed by atoms with Crippen LogP contribution < -0.4 is 5.32 Å². The fraction of sp³-hybridized carbons (Fsp3) is 0.625. The van der Waals surface area contributed by atoms with Gasteiger partial charge in [-0.15, -0.1) is 22.0 Å². The smallest absolute Gasteiger partial charge is 0.188 e. The number of tetrazole rings is 1. The van der Waals surface area contributed by atoms with Gasteiger partial charge < -0.3 is 5.32 Å². The zero-order valence-corrected chi connectivity index (χ0v) is 7.91. The summed E-state index contributed by atoms with van der Waals surface area (Å²) in [5.74, 6) is 6.51. The lowest BCUT2D eigenvalue weighted by molar-refractivity contribution is 0.621. The number of nitrogens with zero attached hydrogens (tertiary/aromatic N) is 4.